The van der Waals surface area contributed by atoms with Crippen LogP contribution in [0.25, 0.3) is 11.0 Å². The molecule has 2 heterocycles. The molecule has 0 aliphatic heterocycles. The van der Waals surface area contributed by atoms with Crippen LogP contribution in [0.5, 0.6) is 5.75 Å². The summed E-state index contributed by atoms with van der Waals surface area (Å²) in [6.45, 7) is 3.09. The number of amides is 1. The van der Waals surface area contributed by atoms with Crippen molar-refractivity contribution in [1.29, 1.82) is 0 Å². The number of halogens is 2. The van der Waals surface area contributed by atoms with Crippen molar-refractivity contribution in [3.63, 3.8) is 0 Å². The number of ether oxygens (including phenoxy) is 1. The zero-order valence-electron chi connectivity index (χ0n) is 15.2. The van der Waals surface area contributed by atoms with Crippen LogP contribution in [0, 0.1) is 0 Å². The summed E-state index contributed by atoms with van der Waals surface area (Å²) in [5, 5.41) is 2.95. The number of hydrogen-bond donors (Lipinski definition) is 2. The van der Waals surface area contributed by atoms with E-state index in [4.69, 9.17) is 22.1 Å². The summed E-state index contributed by atoms with van der Waals surface area (Å²) in [7, 11) is 3.59. The highest BCUT2D eigenvalue weighted by Crippen LogP contribution is 2.21. The van der Waals surface area contributed by atoms with Gasteiger partial charge in [0, 0.05) is 6.07 Å². The number of carbonyl (C=O) groups excluding carboxylic acids is 1. The molecule has 0 saturated carbocycles. The van der Waals surface area contributed by atoms with E-state index < -0.39 is 5.91 Å². The van der Waals surface area contributed by atoms with E-state index in [2.05, 4.69) is 19.9 Å². The largest absolute Gasteiger partial charge is 1.00 e. The van der Waals surface area contributed by atoms with Gasteiger partial charge in [-0.1, -0.05) is 11.6 Å². The minimum atomic E-state index is -0.428. The Morgan fingerprint density at radius 3 is 2.85 bits per heavy atom. The standard InChI is InChI=1S/C17H19ClN6O2.HI/c1-4-24-12-7-10(26-3)5-6-11(12)23(2)14(24)9-21-17(25)15-16(19)20-8-13(18)22-15;/h5-8H,4,9H2,1-3H3,(H2-,19,20,21,25);1H. The van der Waals surface area contributed by atoms with Gasteiger partial charge in [0.25, 0.3) is 11.7 Å². The van der Waals surface area contributed by atoms with Crippen LogP contribution in [0.3, 0.4) is 0 Å². The molecule has 1 amide bonds. The summed E-state index contributed by atoms with van der Waals surface area (Å²) in [4.78, 5) is 20.2. The first kappa shape index (κ1) is 21.2. The Morgan fingerprint density at radius 2 is 2.19 bits per heavy atom. The van der Waals surface area contributed by atoms with Crippen molar-refractivity contribution in [3.05, 3.63) is 41.1 Å². The quantitative estimate of drug-likeness (QED) is 0.325. The average Bonchev–Trinajstić information content (AvgIpc) is 2.92. The van der Waals surface area contributed by atoms with Crippen LogP contribution in [0.2, 0.25) is 5.15 Å². The monoisotopic (exact) mass is 502 g/mol. The number of fused-ring (bicyclic) bond motifs is 1. The van der Waals surface area contributed by atoms with Crippen LogP contribution >= 0.6 is 11.6 Å². The second-order valence-electron chi connectivity index (χ2n) is 5.68. The topological polar surface area (TPSA) is 98.9 Å². The first-order valence-corrected chi connectivity index (χ1v) is 8.45. The van der Waals surface area contributed by atoms with E-state index >= 15 is 0 Å². The molecule has 0 spiro atoms. The number of nitrogens with zero attached hydrogens (tertiary/aromatic N) is 4. The molecule has 0 aliphatic rings. The van der Waals surface area contributed by atoms with E-state index in [1.807, 2.05) is 36.7 Å². The molecule has 10 heteroatoms. The Kier molecular flexibility index (Phi) is 6.82. The number of methoxy groups -OCH3 is 1. The van der Waals surface area contributed by atoms with Gasteiger partial charge in [-0.25, -0.2) is 19.1 Å². The third-order valence-electron chi connectivity index (χ3n) is 4.24. The number of carbonyl (C=O) groups is 1. The molecular weight excluding hydrogens is 483 g/mol. The highest BCUT2D eigenvalue weighted by Gasteiger charge is 2.23. The Hall–Kier alpha value is -2.14. The first-order valence-electron chi connectivity index (χ1n) is 8.07. The number of aromatic nitrogens is 4. The lowest BCUT2D eigenvalue weighted by atomic mass is 10.3. The van der Waals surface area contributed by atoms with Crippen molar-refractivity contribution in [2.24, 2.45) is 7.05 Å². The van der Waals surface area contributed by atoms with E-state index in [1.165, 1.54) is 6.20 Å². The van der Waals surface area contributed by atoms with E-state index in [9.17, 15) is 4.79 Å². The maximum absolute atomic E-state index is 12.4. The predicted molar refractivity (Wildman–Crippen MR) is 98.0 cm³/mol. The number of aryl methyl sites for hydroxylation is 2. The smallest absolute Gasteiger partial charge is 0.276 e. The lowest BCUT2D eigenvalue weighted by Gasteiger charge is -2.06. The zero-order valence-corrected chi connectivity index (χ0v) is 18.1. The lowest BCUT2D eigenvalue weighted by molar-refractivity contribution is -0.654. The molecule has 3 N–H and O–H groups in total. The van der Waals surface area contributed by atoms with Crippen molar-refractivity contribution in [1.82, 2.24) is 19.9 Å². The van der Waals surface area contributed by atoms with Gasteiger partial charge in [0.15, 0.2) is 22.5 Å². The van der Waals surface area contributed by atoms with Crippen molar-refractivity contribution >= 4 is 34.4 Å². The minimum absolute atomic E-state index is 0. The molecule has 2 aromatic heterocycles. The second kappa shape index (κ2) is 8.70. The molecule has 8 nitrogen and oxygen atoms in total. The van der Waals surface area contributed by atoms with E-state index in [0.717, 1.165) is 29.2 Å². The van der Waals surface area contributed by atoms with E-state index in [0.29, 0.717) is 6.54 Å². The third kappa shape index (κ3) is 4.08. The van der Waals surface area contributed by atoms with Crippen LogP contribution in [0.4, 0.5) is 5.82 Å². The van der Waals surface area contributed by atoms with Gasteiger partial charge in [0.2, 0.25) is 0 Å². The van der Waals surface area contributed by atoms with Gasteiger partial charge in [-0.3, -0.25) is 4.79 Å². The maximum Gasteiger partial charge on any atom is 0.276 e. The molecule has 0 saturated heterocycles. The summed E-state index contributed by atoms with van der Waals surface area (Å²) in [6, 6.07) is 5.88. The van der Waals surface area contributed by atoms with Gasteiger partial charge in [-0.15, -0.1) is 0 Å². The van der Waals surface area contributed by atoms with Gasteiger partial charge < -0.3 is 39.8 Å². The zero-order chi connectivity index (χ0) is 18.8. The normalized spacial score (nSPS) is 10.5. The number of nitrogen functional groups attached to an aromatic ring is 1. The summed E-state index contributed by atoms with van der Waals surface area (Å²) in [6.07, 6.45) is 1.30. The van der Waals surface area contributed by atoms with Crippen LogP contribution < -0.4 is 44.3 Å². The number of hydrogen-bond acceptors (Lipinski definition) is 5. The number of nitrogens with two attached hydrogens (primary N) is 1. The van der Waals surface area contributed by atoms with Crippen molar-refractivity contribution in [3.8, 4) is 5.75 Å². The number of rotatable bonds is 5. The molecule has 0 fully saturated rings. The number of nitrogens with one attached hydrogen (secondary N) is 1. The maximum atomic E-state index is 12.4. The fourth-order valence-corrected chi connectivity index (χ4v) is 3.08. The van der Waals surface area contributed by atoms with E-state index in [-0.39, 0.29) is 40.6 Å². The molecule has 0 bridgehead atoms. The lowest BCUT2D eigenvalue weighted by Crippen LogP contribution is -3.00. The second-order valence-corrected chi connectivity index (χ2v) is 6.07. The molecule has 0 aliphatic carbocycles. The Labute approximate surface area is 178 Å². The van der Waals surface area contributed by atoms with Crippen LogP contribution in [0.15, 0.2) is 24.4 Å². The molecule has 1 aromatic carbocycles. The SMILES string of the molecule is CCn1c(CNC(=O)c2nc(Cl)cnc2N)[n+](C)c2ccc(OC)cc21.[I-]. The predicted octanol–water partition coefficient (Wildman–Crippen LogP) is -1.55. The van der Waals surface area contributed by atoms with Gasteiger partial charge >= 0.3 is 0 Å². The van der Waals surface area contributed by atoms with Crippen molar-refractivity contribution in [2.45, 2.75) is 20.0 Å². The fraction of sp³-hybridized carbons (Fsp3) is 0.294. The first-order chi connectivity index (χ1) is 12.5. The molecule has 0 radical (unpaired) electrons. The van der Waals surface area contributed by atoms with Crippen LogP contribution in [-0.2, 0) is 20.1 Å². The van der Waals surface area contributed by atoms with Gasteiger partial charge in [-0.05, 0) is 19.1 Å². The van der Waals surface area contributed by atoms with E-state index in [1.54, 1.807) is 7.11 Å². The Morgan fingerprint density at radius 1 is 1.44 bits per heavy atom. The molecular formula is C17H20ClIN6O2. The Bertz CT molecular complexity index is 991. The highest BCUT2D eigenvalue weighted by atomic mass is 127. The number of benzene rings is 1. The summed E-state index contributed by atoms with van der Waals surface area (Å²) < 4.78 is 9.47. The Balaban J connectivity index is 0.00000261. The summed E-state index contributed by atoms with van der Waals surface area (Å²) in [5.41, 5.74) is 7.81. The van der Waals surface area contributed by atoms with Gasteiger partial charge in [0.05, 0.1) is 26.9 Å². The highest BCUT2D eigenvalue weighted by molar-refractivity contribution is 6.29. The number of anilines is 1. The third-order valence-corrected chi connectivity index (χ3v) is 4.43. The van der Waals surface area contributed by atoms with Gasteiger partial charge in [0.1, 0.15) is 17.4 Å². The van der Waals surface area contributed by atoms with Gasteiger partial charge in [-0.2, -0.15) is 0 Å². The minimum Gasteiger partial charge on any atom is -1.00 e. The van der Waals surface area contributed by atoms with Crippen LogP contribution in [-0.4, -0.2) is 27.6 Å². The molecule has 3 aromatic rings. The summed E-state index contributed by atoms with van der Waals surface area (Å²) in [5.74, 6) is 1.32. The van der Waals surface area contributed by atoms with Crippen molar-refractivity contribution in [2.75, 3.05) is 12.8 Å². The molecule has 144 valence electrons. The molecule has 3 rings (SSSR count). The molecule has 0 unspecified atom stereocenters. The van der Waals surface area contributed by atoms with Crippen molar-refractivity contribution < 1.29 is 38.1 Å². The fourth-order valence-electron chi connectivity index (χ4n) is 2.94. The molecule has 0 atom stereocenters. The van der Waals surface area contributed by atoms with Crippen LogP contribution in [0.1, 0.15) is 23.2 Å². The summed E-state index contributed by atoms with van der Waals surface area (Å²) >= 11 is 5.80. The number of imidazole rings is 1. The average molecular weight is 503 g/mol. The molecule has 27 heavy (non-hydrogen) atoms.